The van der Waals surface area contributed by atoms with Crippen LogP contribution in [0.25, 0.3) is 0 Å². The van der Waals surface area contributed by atoms with E-state index in [2.05, 4.69) is 20.6 Å². The highest BCUT2D eigenvalue weighted by molar-refractivity contribution is 5.36. The first kappa shape index (κ1) is 10.6. The van der Waals surface area contributed by atoms with Gasteiger partial charge in [0.25, 0.3) is 0 Å². The van der Waals surface area contributed by atoms with Crippen LogP contribution < -0.4 is 15.6 Å². The third-order valence-electron chi connectivity index (χ3n) is 1.22. The highest BCUT2D eigenvalue weighted by atomic mass is 19.4. The van der Waals surface area contributed by atoms with E-state index in [-0.39, 0.29) is 5.75 Å². The quantitative estimate of drug-likeness (QED) is 0.738. The van der Waals surface area contributed by atoms with Crippen molar-refractivity contribution in [3.8, 4) is 5.75 Å². The Morgan fingerprint density at radius 2 is 2.07 bits per heavy atom. The molecule has 0 aromatic carbocycles. The Morgan fingerprint density at radius 3 is 2.50 bits per heavy atom. The first-order valence-electron chi connectivity index (χ1n) is 3.66. The lowest BCUT2D eigenvalue weighted by Crippen LogP contribution is -2.18. The minimum absolute atomic E-state index is 0.348. The molecule has 0 radical (unpaired) electrons. The fourth-order valence-corrected chi connectivity index (χ4v) is 0.776. The van der Waals surface area contributed by atoms with Crippen LogP contribution in [0, 0.1) is 0 Å². The molecule has 0 fully saturated rings. The predicted molar refractivity (Wildman–Crippen MR) is 43.6 cm³/mol. The molecule has 0 amide bonds. The van der Waals surface area contributed by atoms with Crippen molar-refractivity contribution in [3.63, 3.8) is 0 Å². The minimum Gasteiger partial charge on any atom is -0.404 e. The van der Waals surface area contributed by atoms with Gasteiger partial charge in [0.05, 0.1) is 6.20 Å². The molecule has 7 heteroatoms. The molecule has 0 saturated heterocycles. The number of nitrogens with zero attached hydrogens (tertiary/aromatic N) is 1. The number of ether oxygens (including phenoxy) is 1. The normalized spacial score (nSPS) is 11.1. The largest absolute Gasteiger partial charge is 0.573 e. The summed E-state index contributed by atoms with van der Waals surface area (Å²) < 4.78 is 38.8. The van der Waals surface area contributed by atoms with Crippen molar-refractivity contribution < 1.29 is 17.9 Å². The first-order chi connectivity index (χ1) is 6.51. The zero-order valence-corrected chi connectivity index (χ0v) is 7.22. The van der Waals surface area contributed by atoms with Gasteiger partial charge in [0.2, 0.25) is 0 Å². The molecule has 1 rings (SSSR count). The van der Waals surface area contributed by atoms with Crippen LogP contribution in [0.3, 0.4) is 0 Å². The van der Waals surface area contributed by atoms with Gasteiger partial charge in [0, 0.05) is 7.05 Å². The van der Waals surface area contributed by atoms with Gasteiger partial charge in [-0.25, -0.2) is 10.4 Å². The number of alkyl halides is 3. The van der Waals surface area contributed by atoms with E-state index in [1.165, 1.54) is 12.1 Å². The highest BCUT2D eigenvalue weighted by Gasteiger charge is 2.31. The topological polar surface area (TPSA) is 46.2 Å². The molecule has 14 heavy (non-hydrogen) atoms. The van der Waals surface area contributed by atoms with Crippen LogP contribution in [-0.4, -0.2) is 18.4 Å². The molecule has 0 aliphatic carbocycles. The second-order valence-electron chi connectivity index (χ2n) is 2.30. The van der Waals surface area contributed by atoms with E-state index >= 15 is 0 Å². The number of hydrazine groups is 1. The molecule has 1 aromatic rings. The van der Waals surface area contributed by atoms with Gasteiger partial charge in [-0.2, -0.15) is 0 Å². The second kappa shape index (κ2) is 4.14. The smallest absolute Gasteiger partial charge is 0.404 e. The zero-order chi connectivity index (χ0) is 10.6. The average molecular weight is 207 g/mol. The van der Waals surface area contributed by atoms with Gasteiger partial charge in [-0.1, -0.05) is 0 Å². The molecule has 0 aliphatic rings. The van der Waals surface area contributed by atoms with E-state index in [0.29, 0.717) is 5.82 Å². The number of nitrogens with one attached hydrogen (secondary N) is 2. The number of anilines is 1. The van der Waals surface area contributed by atoms with Gasteiger partial charge < -0.3 is 10.2 Å². The van der Waals surface area contributed by atoms with Crippen LogP contribution in [0.2, 0.25) is 0 Å². The van der Waals surface area contributed by atoms with E-state index in [9.17, 15) is 13.2 Å². The first-order valence-corrected chi connectivity index (χ1v) is 3.66. The van der Waals surface area contributed by atoms with Gasteiger partial charge in [-0.3, -0.25) is 0 Å². The molecule has 4 nitrogen and oxygen atoms in total. The van der Waals surface area contributed by atoms with E-state index in [1.807, 2.05) is 0 Å². The number of rotatable bonds is 3. The zero-order valence-electron chi connectivity index (χ0n) is 7.22. The van der Waals surface area contributed by atoms with Crippen LogP contribution in [0.15, 0.2) is 18.3 Å². The van der Waals surface area contributed by atoms with Gasteiger partial charge in [-0.15, -0.1) is 13.2 Å². The molecule has 0 spiro atoms. The number of halogens is 3. The van der Waals surface area contributed by atoms with Crippen molar-refractivity contribution in [2.24, 2.45) is 0 Å². The lowest BCUT2D eigenvalue weighted by molar-refractivity contribution is -0.274. The summed E-state index contributed by atoms with van der Waals surface area (Å²) in [4.78, 5) is 3.65. The van der Waals surface area contributed by atoms with Crippen molar-refractivity contribution in [3.05, 3.63) is 18.3 Å². The fourth-order valence-electron chi connectivity index (χ4n) is 0.776. The molecule has 0 bridgehead atoms. The Hall–Kier alpha value is -1.50. The summed E-state index contributed by atoms with van der Waals surface area (Å²) in [6.07, 6.45) is -3.70. The Morgan fingerprint density at radius 1 is 1.36 bits per heavy atom. The Bertz CT molecular complexity index is 285. The number of aromatic nitrogens is 1. The highest BCUT2D eigenvalue weighted by Crippen LogP contribution is 2.22. The van der Waals surface area contributed by atoms with E-state index in [1.54, 1.807) is 7.05 Å². The minimum atomic E-state index is -4.68. The van der Waals surface area contributed by atoms with Crippen LogP contribution in [0.4, 0.5) is 19.0 Å². The number of hydrogen-bond acceptors (Lipinski definition) is 4. The maximum atomic E-state index is 11.7. The predicted octanol–water partition coefficient (Wildman–Crippen LogP) is 1.53. The van der Waals surface area contributed by atoms with E-state index in [0.717, 1.165) is 6.20 Å². The van der Waals surface area contributed by atoms with Crippen LogP contribution in [0.1, 0.15) is 0 Å². The van der Waals surface area contributed by atoms with Gasteiger partial charge in [-0.05, 0) is 12.1 Å². The Kier molecular flexibility index (Phi) is 3.13. The summed E-state index contributed by atoms with van der Waals surface area (Å²) in [6.45, 7) is 0. The molecule has 1 heterocycles. The van der Waals surface area contributed by atoms with Crippen molar-refractivity contribution in [1.82, 2.24) is 10.4 Å². The molecular formula is C7H8F3N3O. The SMILES string of the molecule is CNNc1ccc(OC(F)(F)F)cn1. The third kappa shape index (κ3) is 3.48. The summed E-state index contributed by atoms with van der Waals surface area (Å²) in [5.41, 5.74) is 5.18. The van der Waals surface area contributed by atoms with Crippen molar-refractivity contribution in [2.45, 2.75) is 6.36 Å². The summed E-state index contributed by atoms with van der Waals surface area (Å²) in [5, 5.41) is 0. The fraction of sp³-hybridized carbons (Fsp3) is 0.286. The molecule has 78 valence electrons. The van der Waals surface area contributed by atoms with Crippen molar-refractivity contribution >= 4 is 5.82 Å². The van der Waals surface area contributed by atoms with Gasteiger partial charge in [0.1, 0.15) is 11.6 Å². The summed E-state index contributed by atoms with van der Waals surface area (Å²) in [5.74, 6) is 0.0566. The van der Waals surface area contributed by atoms with Crippen LogP contribution >= 0.6 is 0 Å². The molecular weight excluding hydrogens is 199 g/mol. The van der Waals surface area contributed by atoms with Crippen LogP contribution in [0.5, 0.6) is 5.75 Å². The molecule has 1 aromatic heterocycles. The van der Waals surface area contributed by atoms with Gasteiger partial charge in [0.15, 0.2) is 0 Å². The van der Waals surface area contributed by atoms with E-state index < -0.39 is 6.36 Å². The Labute approximate surface area is 78.1 Å². The van der Waals surface area contributed by atoms with Gasteiger partial charge >= 0.3 is 6.36 Å². The molecule has 0 saturated carbocycles. The van der Waals surface area contributed by atoms with Crippen molar-refractivity contribution in [2.75, 3.05) is 12.5 Å². The summed E-state index contributed by atoms with van der Waals surface area (Å²) >= 11 is 0. The number of pyridine rings is 1. The lowest BCUT2D eigenvalue weighted by Gasteiger charge is -2.08. The molecule has 0 aliphatic heterocycles. The average Bonchev–Trinajstić information content (AvgIpc) is 2.06. The monoisotopic (exact) mass is 207 g/mol. The molecule has 0 atom stereocenters. The van der Waals surface area contributed by atoms with E-state index in [4.69, 9.17) is 0 Å². The summed E-state index contributed by atoms with van der Waals surface area (Å²) in [7, 11) is 1.61. The van der Waals surface area contributed by atoms with Crippen molar-refractivity contribution in [1.29, 1.82) is 0 Å². The third-order valence-corrected chi connectivity index (χ3v) is 1.22. The molecule has 0 unspecified atom stereocenters. The second-order valence-corrected chi connectivity index (χ2v) is 2.30. The Balaban J connectivity index is 2.64. The maximum absolute atomic E-state index is 11.7. The summed E-state index contributed by atoms with van der Waals surface area (Å²) in [6, 6.07) is 2.53. The molecule has 2 N–H and O–H groups in total. The standard InChI is InChI=1S/C7H8F3N3O/c1-11-13-6-3-2-5(4-12-6)14-7(8,9)10/h2-4,11H,1H3,(H,12,13). The number of hydrogen-bond donors (Lipinski definition) is 2. The lowest BCUT2D eigenvalue weighted by atomic mass is 10.4. The van der Waals surface area contributed by atoms with Crippen LogP contribution in [-0.2, 0) is 0 Å². The maximum Gasteiger partial charge on any atom is 0.573 e.